The molecule has 0 spiro atoms. The fraction of sp³-hybridized carbons (Fsp3) is 0.0667. The Labute approximate surface area is 106 Å². The van der Waals surface area contributed by atoms with Gasteiger partial charge in [0.1, 0.15) is 24.1 Å². The zero-order chi connectivity index (χ0) is 12.6. The molecule has 0 atom stereocenters. The molecule has 0 saturated heterocycles. The van der Waals surface area contributed by atoms with Crippen LogP contribution in [0.1, 0.15) is 11.3 Å². The smallest absolute Gasteiger partial charge is 0.140 e. The van der Waals surface area contributed by atoms with Crippen LogP contribution in [-0.2, 0) is 0 Å². The third-order valence-corrected chi connectivity index (χ3v) is 2.31. The van der Waals surface area contributed by atoms with Crippen LogP contribution in [-0.4, -0.2) is 11.6 Å². The van der Waals surface area contributed by atoms with E-state index in [1.54, 1.807) is 18.3 Å². The summed E-state index contributed by atoms with van der Waals surface area (Å²) in [6, 6.07) is 15.4. The Morgan fingerprint density at radius 3 is 2.67 bits per heavy atom. The molecule has 88 valence electrons. The molecule has 0 amide bonds. The molecule has 1 aromatic heterocycles. The Balaban J connectivity index is 1.85. The van der Waals surface area contributed by atoms with Gasteiger partial charge >= 0.3 is 0 Å². The number of hydrogen-bond donors (Lipinski definition) is 0. The molecular weight excluding hydrogens is 224 g/mol. The minimum Gasteiger partial charge on any atom is -0.488 e. The van der Waals surface area contributed by atoms with Gasteiger partial charge in [0.05, 0.1) is 6.20 Å². The highest BCUT2D eigenvalue weighted by Gasteiger charge is 1.93. The van der Waals surface area contributed by atoms with E-state index in [0.29, 0.717) is 18.1 Å². The maximum absolute atomic E-state index is 8.60. The lowest BCUT2D eigenvalue weighted by atomic mass is 10.2. The largest absolute Gasteiger partial charge is 0.488 e. The molecule has 18 heavy (non-hydrogen) atoms. The molecule has 1 aromatic carbocycles. The molecule has 0 N–H and O–H groups in total. The summed E-state index contributed by atoms with van der Waals surface area (Å²) in [4.78, 5) is 3.92. The Morgan fingerprint density at radius 2 is 2.00 bits per heavy atom. The number of nitrogens with zero attached hydrogens (tertiary/aromatic N) is 2. The van der Waals surface area contributed by atoms with E-state index in [2.05, 4.69) is 4.98 Å². The molecule has 0 bridgehead atoms. The van der Waals surface area contributed by atoms with Crippen LogP contribution in [0.4, 0.5) is 0 Å². The highest BCUT2D eigenvalue weighted by Crippen LogP contribution is 2.08. The molecule has 0 saturated carbocycles. The third-order valence-electron chi connectivity index (χ3n) is 2.31. The highest BCUT2D eigenvalue weighted by molar-refractivity contribution is 5.48. The Hall–Kier alpha value is -2.60. The van der Waals surface area contributed by atoms with Crippen molar-refractivity contribution in [3.8, 4) is 11.8 Å². The fourth-order valence-electron chi connectivity index (χ4n) is 1.42. The summed E-state index contributed by atoms with van der Waals surface area (Å²) in [6.07, 6.45) is 5.49. The first kappa shape index (κ1) is 11.9. The Kier molecular flexibility index (Phi) is 4.10. The van der Waals surface area contributed by atoms with Crippen molar-refractivity contribution in [1.82, 2.24) is 4.98 Å². The quantitative estimate of drug-likeness (QED) is 0.819. The zero-order valence-corrected chi connectivity index (χ0v) is 9.78. The van der Waals surface area contributed by atoms with Crippen molar-refractivity contribution < 1.29 is 4.74 Å². The second-order valence-electron chi connectivity index (χ2n) is 3.62. The maximum Gasteiger partial charge on any atom is 0.140 e. The van der Waals surface area contributed by atoms with E-state index < -0.39 is 0 Å². The molecular formula is C15H12N2O. The number of ether oxygens (including phenoxy) is 1. The number of rotatable bonds is 4. The van der Waals surface area contributed by atoms with Gasteiger partial charge in [0, 0.05) is 0 Å². The minimum atomic E-state index is 0.391. The first-order valence-electron chi connectivity index (χ1n) is 5.59. The summed E-state index contributed by atoms with van der Waals surface area (Å²) in [7, 11) is 0. The molecule has 0 aliphatic rings. The maximum atomic E-state index is 8.60. The van der Waals surface area contributed by atoms with Crippen LogP contribution in [0.25, 0.3) is 6.08 Å². The van der Waals surface area contributed by atoms with Gasteiger partial charge in [0.15, 0.2) is 0 Å². The van der Waals surface area contributed by atoms with Gasteiger partial charge in [-0.2, -0.15) is 5.26 Å². The first-order chi connectivity index (χ1) is 8.88. The molecule has 1 heterocycles. The predicted octanol–water partition coefficient (Wildman–Crippen LogP) is 3.05. The number of nitriles is 1. The van der Waals surface area contributed by atoms with Gasteiger partial charge in [-0.15, -0.1) is 0 Å². The third kappa shape index (κ3) is 3.46. The monoisotopic (exact) mass is 236 g/mol. The van der Waals surface area contributed by atoms with Crippen LogP contribution in [0.2, 0.25) is 0 Å². The predicted molar refractivity (Wildman–Crippen MR) is 69.9 cm³/mol. The average molecular weight is 236 g/mol. The molecule has 2 aromatic rings. The van der Waals surface area contributed by atoms with Gasteiger partial charge in [0.25, 0.3) is 0 Å². The molecule has 0 radical (unpaired) electrons. The van der Waals surface area contributed by atoms with Crippen LogP contribution >= 0.6 is 0 Å². The molecule has 3 heteroatoms. The molecule has 0 fully saturated rings. The van der Waals surface area contributed by atoms with E-state index in [4.69, 9.17) is 10.00 Å². The molecule has 2 rings (SSSR count). The highest BCUT2D eigenvalue weighted by atomic mass is 16.5. The van der Waals surface area contributed by atoms with E-state index in [9.17, 15) is 0 Å². The van der Waals surface area contributed by atoms with Crippen molar-refractivity contribution in [3.05, 3.63) is 66.0 Å². The van der Waals surface area contributed by atoms with E-state index in [0.717, 1.165) is 5.56 Å². The second-order valence-corrected chi connectivity index (χ2v) is 3.62. The molecule has 3 nitrogen and oxygen atoms in total. The van der Waals surface area contributed by atoms with Crippen LogP contribution in [0.3, 0.4) is 0 Å². The average Bonchev–Trinajstić information content (AvgIpc) is 2.45. The lowest BCUT2D eigenvalue weighted by Gasteiger charge is -2.01. The van der Waals surface area contributed by atoms with E-state index in [1.807, 2.05) is 48.6 Å². The van der Waals surface area contributed by atoms with Gasteiger partial charge in [-0.05, 0) is 23.8 Å². The van der Waals surface area contributed by atoms with Crippen LogP contribution in [0.15, 0.2) is 54.7 Å². The fourth-order valence-corrected chi connectivity index (χ4v) is 1.42. The number of benzene rings is 1. The second kappa shape index (κ2) is 6.21. The summed E-state index contributed by atoms with van der Waals surface area (Å²) in [6.45, 7) is 0.475. The van der Waals surface area contributed by atoms with Crippen LogP contribution < -0.4 is 4.74 Å². The first-order valence-corrected chi connectivity index (χ1v) is 5.59. The SMILES string of the molecule is N#Cc1ccc(OC/C=C/c2ccccc2)cn1. The van der Waals surface area contributed by atoms with Crippen molar-refractivity contribution in [2.75, 3.05) is 6.61 Å². The van der Waals surface area contributed by atoms with Gasteiger partial charge in [-0.1, -0.05) is 36.4 Å². The molecule has 0 unspecified atom stereocenters. The van der Waals surface area contributed by atoms with E-state index >= 15 is 0 Å². The standard InChI is InChI=1S/C15H12N2O/c16-11-14-8-9-15(12-17-14)18-10-4-7-13-5-2-1-3-6-13/h1-9,12H,10H2/b7-4+. The zero-order valence-electron chi connectivity index (χ0n) is 9.78. The number of pyridine rings is 1. The lowest BCUT2D eigenvalue weighted by molar-refractivity contribution is 0.362. The molecule has 0 aliphatic heterocycles. The minimum absolute atomic E-state index is 0.391. The summed E-state index contributed by atoms with van der Waals surface area (Å²) in [5.41, 5.74) is 1.53. The summed E-state index contributed by atoms with van der Waals surface area (Å²) < 4.78 is 5.47. The van der Waals surface area contributed by atoms with Gasteiger partial charge in [-0.3, -0.25) is 0 Å². The van der Waals surface area contributed by atoms with Crippen LogP contribution in [0, 0.1) is 11.3 Å². The lowest BCUT2D eigenvalue weighted by Crippen LogP contribution is -1.94. The van der Waals surface area contributed by atoms with Crippen molar-refractivity contribution in [1.29, 1.82) is 5.26 Å². The Bertz CT molecular complexity index is 553. The van der Waals surface area contributed by atoms with Crippen LogP contribution in [0.5, 0.6) is 5.75 Å². The van der Waals surface area contributed by atoms with Crippen molar-refractivity contribution in [3.63, 3.8) is 0 Å². The summed E-state index contributed by atoms with van der Waals surface area (Å²) >= 11 is 0. The number of aromatic nitrogens is 1. The van der Waals surface area contributed by atoms with Crippen molar-refractivity contribution in [2.45, 2.75) is 0 Å². The van der Waals surface area contributed by atoms with Gasteiger partial charge in [0.2, 0.25) is 0 Å². The summed E-state index contributed by atoms with van der Waals surface area (Å²) in [5.74, 6) is 0.659. The van der Waals surface area contributed by atoms with Gasteiger partial charge < -0.3 is 4.74 Å². The van der Waals surface area contributed by atoms with E-state index in [-0.39, 0.29) is 0 Å². The van der Waals surface area contributed by atoms with Crippen molar-refractivity contribution >= 4 is 6.08 Å². The Morgan fingerprint density at radius 1 is 1.17 bits per heavy atom. The van der Waals surface area contributed by atoms with Crippen molar-refractivity contribution in [2.24, 2.45) is 0 Å². The molecule has 0 aliphatic carbocycles. The topological polar surface area (TPSA) is 45.9 Å². The number of hydrogen-bond acceptors (Lipinski definition) is 3. The summed E-state index contributed by atoms with van der Waals surface area (Å²) in [5, 5.41) is 8.60. The van der Waals surface area contributed by atoms with Gasteiger partial charge in [-0.25, -0.2) is 4.98 Å². The normalized spacial score (nSPS) is 10.2. The van der Waals surface area contributed by atoms with E-state index in [1.165, 1.54) is 0 Å².